The third-order valence-corrected chi connectivity index (χ3v) is 10.8. The van der Waals surface area contributed by atoms with Crippen LogP contribution < -0.4 is 4.72 Å². The van der Waals surface area contributed by atoms with Crippen LogP contribution in [0.2, 0.25) is 0 Å². The summed E-state index contributed by atoms with van der Waals surface area (Å²) < 4.78 is 36.0. The second-order valence-electron chi connectivity index (χ2n) is 12.0. The molecule has 2 aromatic rings. The summed E-state index contributed by atoms with van der Waals surface area (Å²) in [6.45, 7) is 2.38. The van der Waals surface area contributed by atoms with Crippen molar-refractivity contribution in [1.29, 1.82) is 0 Å². The van der Waals surface area contributed by atoms with Crippen molar-refractivity contribution in [3.63, 3.8) is 0 Å². The smallest absolute Gasteiger partial charge is 0.243 e. The van der Waals surface area contributed by atoms with E-state index in [1.54, 1.807) is 0 Å². The number of fused-ring (bicyclic) bond motifs is 2. The fraction of sp³-hybridized carbons (Fsp3) is 0.531. The van der Waals surface area contributed by atoms with Gasteiger partial charge in [-0.25, -0.2) is 13.1 Å². The first kappa shape index (κ1) is 29.0. The molecule has 1 aliphatic heterocycles. The number of nitrogens with zero attached hydrogens (tertiary/aromatic N) is 2. The molecule has 3 unspecified atom stereocenters. The second-order valence-corrected chi connectivity index (χ2v) is 14.0. The van der Waals surface area contributed by atoms with E-state index in [2.05, 4.69) is 46.0 Å². The topological polar surface area (TPSA) is 79.0 Å². The van der Waals surface area contributed by atoms with Crippen LogP contribution in [0.4, 0.5) is 0 Å². The van der Waals surface area contributed by atoms with Gasteiger partial charge in [-0.05, 0) is 68.8 Å². The van der Waals surface area contributed by atoms with Crippen LogP contribution in [0.3, 0.4) is 0 Å². The summed E-state index contributed by atoms with van der Waals surface area (Å²) in [5.74, 6) is 0.150. The molecule has 1 heterocycles. The Labute approximate surface area is 239 Å². The first-order valence-corrected chi connectivity index (χ1v) is 16.2. The van der Waals surface area contributed by atoms with Crippen LogP contribution in [-0.4, -0.2) is 75.8 Å². The molecule has 0 bridgehead atoms. The van der Waals surface area contributed by atoms with Crippen molar-refractivity contribution in [3.05, 3.63) is 77.4 Å². The molecule has 1 spiro atoms. The van der Waals surface area contributed by atoms with Crippen molar-refractivity contribution >= 4 is 22.0 Å². The van der Waals surface area contributed by atoms with Crippen molar-refractivity contribution < 1.29 is 17.9 Å². The number of hydrogen-bond donors (Lipinski definition) is 1. The maximum atomic E-state index is 13.9. The minimum atomic E-state index is -3.70. The Morgan fingerprint density at radius 3 is 2.55 bits per heavy atom. The summed E-state index contributed by atoms with van der Waals surface area (Å²) >= 11 is 0. The van der Waals surface area contributed by atoms with Crippen LogP contribution in [0.1, 0.15) is 55.2 Å². The normalized spacial score (nSPS) is 22.9. The molecule has 2 aromatic carbocycles. The quantitative estimate of drug-likeness (QED) is 0.467. The SMILES string of the molecule is CN(C)CC1CCCC(S(=O)(=O)NC(COCc2ccccc2)C(=O)N2CCC3(C=Cc4ccccc43)CC2)C1. The number of piperidine rings is 1. The number of rotatable bonds is 10. The molecule has 2 fully saturated rings. The minimum absolute atomic E-state index is 0.00514. The Kier molecular flexibility index (Phi) is 9.10. The third kappa shape index (κ3) is 6.68. The zero-order valence-electron chi connectivity index (χ0n) is 23.8. The lowest BCUT2D eigenvalue weighted by atomic mass is 9.74. The molecule has 7 nitrogen and oxygen atoms in total. The second kappa shape index (κ2) is 12.6. The Hall–Kier alpha value is -2.52. The van der Waals surface area contributed by atoms with Gasteiger partial charge in [0.1, 0.15) is 6.04 Å². The van der Waals surface area contributed by atoms with E-state index in [9.17, 15) is 13.2 Å². The van der Waals surface area contributed by atoms with Crippen LogP contribution >= 0.6 is 0 Å². The molecular weight excluding hydrogens is 522 g/mol. The van der Waals surface area contributed by atoms with Crippen LogP contribution in [0.5, 0.6) is 0 Å². The fourth-order valence-corrected chi connectivity index (χ4v) is 8.50. The van der Waals surface area contributed by atoms with Crippen LogP contribution in [-0.2, 0) is 31.6 Å². The van der Waals surface area contributed by atoms with Gasteiger partial charge in [-0.3, -0.25) is 4.79 Å². The summed E-state index contributed by atoms with van der Waals surface area (Å²) in [6.07, 6.45) is 9.30. The number of nitrogens with one attached hydrogen (secondary N) is 1. The number of ether oxygens (including phenoxy) is 1. The van der Waals surface area contributed by atoms with E-state index >= 15 is 0 Å². The van der Waals surface area contributed by atoms with Crippen molar-refractivity contribution in [2.24, 2.45) is 5.92 Å². The molecule has 3 atom stereocenters. The maximum Gasteiger partial charge on any atom is 0.243 e. The number of hydrogen-bond acceptors (Lipinski definition) is 5. The molecule has 1 amide bonds. The number of carbonyl (C=O) groups is 1. The van der Waals surface area contributed by atoms with E-state index in [0.29, 0.717) is 38.5 Å². The van der Waals surface area contributed by atoms with Crippen molar-refractivity contribution in [3.8, 4) is 0 Å². The highest BCUT2D eigenvalue weighted by atomic mass is 32.2. The van der Waals surface area contributed by atoms with Gasteiger partial charge in [0.15, 0.2) is 0 Å². The van der Waals surface area contributed by atoms with E-state index < -0.39 is 21.3 Å². The van der Waals surface area contributed by atoms with E-state index in [1.165, 1.54) is 11.1 Å². The summed E-state index contributed by atoms with van der Waals surface area (Å²) in [5, 5.41) is -0.486. The molecular formula is C32H43N3O4S. The highest BCUT2D eigenvalue weighted by molar-refractivity contribution is 7.90. The zero-order chi connectivity index (χ0) is 28.2. The predicted molar refractivity (Wildman–Crippen MR) is 159 cm³/mol. The molecule has 5 rings (SSSR count). The molecule has 1 saturated carbocycles. The van der Waals surface area contributed by atoms with Gasteiger partial charge in [-0.1, -0.05) is 73.2 Å². The number of allylic oxidation sites excluding steroid dienone is 1. The Bertz CT molecular complexity index is 1290. The molecule has 3 aliphatic rings. The lowest BCUT2D eigenvalue weighted by Gasteiger charge is -2.40. The van der Waals surface area contributed by atoms with Crippen molar-refractivity contribution in [1.82, 2.24) is 14.5 Å². The third-order valence-electron chi connectivity index (χ3n) is 8.84. The number of likely N-dealkylation sites (tertiary alicyclic amines) is 1. The molecule has 8 heteroatoms. The van der Waals surface area contributed by atoms with Crippen LogP contribution in [0.25, 0.3) is 6.08 Å². The lowest BCUT2D eigenvalue weighted by molar-refractivity contribution is -0.136. The summed E-state index contributed by atoms with van der Waals surface area (Å²) in [4.78, 5) is 17.8. The fourth-order valence-electron chi connectivity index (χ4n) is 6.74. The summed E-state index contributed by atoms with van der Waals surface area (Å²) in [7, 11) is 0.352. The molecule has 2 aliphatic carbocycles. The molecule has 1 N–H and O–H groups in total. The average molecular weight is 566 g/mol. The van der Waals surface area contributed by atoms with Gasteiger partial charge in [-0.15, -0.1) is 0 Å². The highest BCUT2D eigenvalue weighted by Crippen LogP contribution is 2.43. The average Bonchev–Trinajstić information content (AvgIpc) is 3.31. The van der Waals surface area contributed by atoms with Gasteiger partial charge in [0.2, 0.25) is 15.9 Å². The number of amides is 1. The van der Waals surface area contributed by atoms with E-state index in [0.717, 1.165) is 37.8 Å². The molecule has 0 radical (unpaired) electrons. The van der Waals surface area contributed by atoms with Crippen LogP contribution in [0.15, 0.2) is 60.7 Å². The molecule has 1 saturated heterocycles. The largest absolute Gasteiger partial charge is 0.375 e. The van der Waals surface area contributed by atoms with E-state index in [1.807, 2.05) is 49.3 Å². The zero-order valence-corrected chi connectivity index (χ0v) is 24.6. The number of carbonyl (C=O) groups excluding carboxylic acids is 1. The molecule has 40 heavy (non-hydrogen) atoms. The van der Waals surface area contributed by atoms with Crippen molar-refractivity contribution in [2.75, 3.05) is 40.3 Å². The van der Waals surface area contributed by atoms with Gasteiger partial charge in [-0.2, -0.15) is 0 Å². The van der Waals surface area contributed by atoms with Crippen molar-refractivity contribution in [2.45, 2.75) is 61.8 Å². The highest BCUT2D eigenvalue weighted by Gasteiger charge is 2.41. The number of sulfonamides is 1. The van der Waals surface area contributed by atoms with Gasteiger partial charge >= 0.3 is 0 Å². The van der Waals surface area contributed by atoms with E-state index in [4.69, 9.17) is 4.74 Å². The van der Waals surface area contributed by atoms with Gasteiger partial charge in [0.05, 0.1) is 18.5 Å². The number of benzene rings is 2. The first-order chi connectivity index (χ1) is 19.3. The van der Waals surface area contributed by atoms with E-state index in [-0.39, 0.29) is 17.9 Å². The Morgan fingerprint density at radius 2 is 1.80 bits per heavy atom. The Balaban J connectivity index is 1.27. The standard InChI is InChI=1S/C32H43N3O4S/c1-34(2)22-26-11-8-13-28(21-26)40(37,38)33-30(24-39-23-25-9-4-3-5-10-25)31(36)35-19-17-32(18-20-35)16-15-27-12-6-7-14-29(27)32/h3-7,9-10,12,14-16,26,28,30,33H,8,11,13,17-24H2,1-2H3. The maximum absolute atomic E-state index is 13.9. The predicted octanol–water partition coefficient (Wildman–Crippen LogP) is 4.20. The summed E-state index contributed by atoms with van der Waals surface area (Å²) in [6, 6.07) is 17.3. The Morgan fingerprint density at radius 1 is 1.07 bits per heavy atom. The van der Waals surface area contributed by atoms with Crippen LogP contribution in [0, 0.1) is 5.92 Å². The molecule has 0 aromatic heterocycles. The first-order valence-electron chi connectivity index (χ1n) is 14.6. The summed E-state index contributed by atoms with van der Waals surface area (Å²) in [5.41, 5.74) is 3.52. The van der Waals surface area contributed by atoms with Gasteiger partial charge < -0.3 is 14.5 Å². The monoisotopic (exact) mass is 565 g/mol. The van der Waals surface area contributed by atoms with Gasteiger partial charge in [0, 0.05) is 25.0 Å². The lowest BCUT2D eigenvalue weighted by Crippen LogP contribution is -2.55. The molecule has 216 valence electrons. The van der Waals surface area contributed by atoms with Gasteiger partial charge in [0.25, 0.3) is 0 Å². The minimum Gasteiger partial charge on any atom is -0.375 e.